The Morgan fingerprint density at radius 1 is 1.22 bits per heavy atom. The Morgan fingerprint density at radius 2 is 1.95 bits per heavy atom. The highest BCUT2D eigenvalue weighted by molar-refractivity contribution is 5.85. The predicted octanol–water partition coefficient (Wildman–Crippen LogP) is 5.52. The van der Waals surface area contributed by atoms with Crippen LogP contribution in [0.2, 0.25) is 0 Å². The van der Waals surface area contributed by atoms with Crippen molar-refractivity contribution >= 4 is 16.6 Å². The summed E-state index contributed by atoms with van der Waals surface area (Å²) in [6, 6.07) is 10.1. The number of hydrogen-bond acceptors (Lipinski definition) is 4. The van der Waals surface area contributed by atoms with Crippen LogP contribution in [0.15, 0.2) is 48.7 Å². The minimum absolute atomic E-state index is 0.00515. The zero-order chi connectivity index (χ0) is 26.1. The molecule has 2 aliphatic heterocycles. The van der Waals surface area contributed by atoms with Gasteiger partial charge in [-0.1, -0.05) is 24.8 Å². The minimum Gasteiger partial charge on any atom is -0.393 e. The number of allylic oxidation sites excluding steroid dienone is 1. The molecule has 0 aliphatic carbocycles. The van der Waals surface area contributed by atoms with Gasteiger partial charge in [-0.15, -0.1) is 0 Å². The molecule has 0 unspecified atom stereocenters. The summed E-state index contributed by atoms with van der Waals surface area (Å²) in [5.74, 6) is -1.22. The van der Waals surface area contributed by atoms with E-state index in [1.165, 1.54) is 12.1 Å². The van der Waals surface area contributed by atoms with Gasteiger partial charge >= 0.3 is 0 Å². The van der Waals surface area contributed by atoms with Gasteiger partial charge in [0.2, 0.25) is 0 Å². The molecule has 8 heteroatoms. The van der Waals surface area contributed by atoms with Crippen LogP contribution in [0.25, 0.3) is 10.9 Å². The van der Waals surface area contributed by atoms with Crippen molar-refractivity contribution in [3.63, 3.8) is 0 Å². The SMILES string of the molecule is C=C(CC[C@H](C)O)N1CCc2c([nH]c3ccccc23)[C@H]1c1c(F)cc(NC2CN(CCCF)C2)cc1F. The number of anilines is 1. The van der Waals surface area contributed by atoms with Gasteiger partial charge in [0.05, 0.1) is 24.4 Å². The van der Waals surface area contributed by atoms with Crippen molar-refractivity contribution in [1.82, 2.24) is 14.8 Å². The van der Waals surface area contributed by atoms with E-state index in [1.54, 1.807) is 6.92 Å². The summed E-state index contributed by atoms with van der Waals surface area (Å²) < 4.78 is 43.9. The second-order valence-corrected chi connectivity index (χ2v) is 10.4. The van der Waals surface area contributed by atoms with E-state index >= 15 is 8.78 Å². The molecule has 3 aromatic rings. The number of aromatic nitrogens is 1. The molecule has 3 heterocycles. The number of benzene rings is 2. The second-order valence-electron chi connectivity index (χ2n) is 10.4. The number of hydrogen-bond donors (Lipinski definition) is 3. The van der Waals surface area contributed by atoms with E-state index in [0.717, 1.165) is 47.4 Å². The van der Waals surface area contributed by atoms with Crippen LogP contribution in [-0.2, 0) is 6.42 Å². The molecule has 2 atom stereocenters. The lowest BCUT2D eigenvalue weighted by molar-refractivity contribution is 0.155. The summed E-state index contributed by atoms with van der Waals surface area (Å²) in [6.07, 6.45) is 1.81. The molecule has 37 heavy (non-hydrogen) atoms. The van der Waals surface area contributed by atoms with Gasteiger partial charge in [0.15, 0.2) is 0 Å². The number of aromatic amines is 1. The molecule has 0 radical (unpaired) electrons. The molecule has 1 saturated heterocycles. The van der Waals surface area contributed by atoms with E-state index in [-0.39, 0.29) is 18.3 Å². The Balaban J connectivity index is 1.46. The van der Waals surface area contributed by atoms with E-state index < -0.39 is 23.8 Å². The third-order valence-electron chi connectivity index (χ3n) is 7.58. The van der Waals surface area contributed by atoms with E-state index in [4.69, 9.17) is 0 Å². The Kier molecular flexibility index (Phi) is 7.49. The fraction of sp³-hybridized carbons (Fsp3) is 0.448. The fourth-order valence-electron chi connectivity index (χ4n) is 5.69. The highest BCUT2D eigenvalue weighted by Gasteiger charge is 2.36. The molecule has 0 saturated carbocycles. The first kappa shape index (κ1) is 25.7. The van der Waals surface area contributed by atoms with Crippen molar-refractivity contribution in [3.8, 4) is 0 Å². The topological polar surface area (TPSA) is 54.5 Å². The number of nitrogens with zero attached hydrogens (tertiary/aromatic N) is 2. The molecule has 0 spiro atoms. The molecule has 5 rings (SSSR count). The van der Waals surface area contributed by atoms with Crippen LogP contribution >= 0.6 is 0 Å². The zero-order valence-electron chi connectivity index (χ0n) is 21.2. The fourth-order valence-corrected chi connectivity index (χ4v) is 5.69. The molecular formula is C29H35F3N4O. The van der Waals surface area contributed by atoms with Gasteiger partial charge in [0, 0.05) is 54.2 Å². The maximum Gasteiger partial charge on any atom is 0.133 e. The lowest BCUT2D eigenvalue weighted by Crippen LogP contribution is -2.54. The summed E-state index contributed by atoms with van der Waals surface area (Å²) in [7, 11) is 0. The third-order valence-corrected chi connectivity index (χ3v) is 7.58. The molecule has 3 N–H and O–H groups in total. The summed E-state index contributed by atoms with van der Waals surface area (Å²) in [6.45, 7) is 8.34. The first-order chi connectivity index (χ1) is 17.9. The largest absolute Gasteiger partial charge is 0.393 e. The highest BCUT2D eigenvalue weighted by Crippen LogP contribution is 2.42. The van der Waals surface area contributed by atoms with E-state index in [2.05, 4.69) is 21.8 Å². The van der Waals surface area contributed by atoms with Crippen molar-refractivity contribution in [2.45, 2.75) is 50.8 Å². The van der Waals surface area contributed by atoms with Crippen molar-refractivity contribution in [2.75, 3.05) is 38.2 Å². The van der Waals surface area contributed by atoms with Crippen molar-refractivity contribution < 1.29 is 18.3 Å². The predicted molar refractivity (Wildman–Crippen MR) is 141 cm³/mol. The summed E-state index contributed by atoms with van der Waals surface area (Å²) in [5, 5.41) is 14.1. The zero-order valence-corrected chi connectivity index (χ0v) is 21.2. The van der Waals surface area contributed by atoms with Gasteiger partial charge in [-0.3, -0.25) is 9.29 Å². The van der Waals surface area contributed by atoms with Crippen LogP contribution in [0.4, 0.5) is 18.9 Å². The number of nitrogens with one attached hydrogen (secondary N) is 2. The molecule has 0 bridgehead atoms. The van der Waals surface area contributed by atoms with Crippen LogP contribution in [0.3, 0.4) is 0 Å². The minimum atomic E-state index is -0.688. The number of aliphatic hydroxyl groups is 1. The van der Waals surface area contributed by atoms with E-state index in [0.29, 0.717) is 38.0 Å². The summed E-state index contributed by atoms with van der Waals surface area (Å²) in [4.78, 5) is 7.54. The second kappa shape index (κ2) is 10.8. The maximum atomic E-state index is 15.8. The number of rotatable bonds is 10. The first-order valence-corrected chi connectivity index (χ1v) is 13.1. The Labute approximate surface area is 216 Å². The molecule has 2 aliphatic rings. The number of likely N-dealkylation sites (tertiary alicyclic amines) is 1. The van der Waals surface area contributed by atoms with E-state index in [9.17, 15) is 9.50 Å². The van der Waals surface area contributed by atoms with Crippen LogP contribution < -0.4 is 5.32 Å². The van der Waals surface area contributed by atoms with Gasteiger partial charge in [-0.05, 0) is 56.4 Å². The normalized spacial score (nSPS) is 19.1. The van der Waals surface area contributed by atoms with E-state index in [1.807, 2.05) is 29.2 Å². The smallest absolute Gasteiger partial charge is 0.133 e. The van der Waals surface area contributed by atoms with Crippen LogP contribution in [0, 0.1) is 11.6 Å². The molecule has 0 amide bonds. The lowest BCUT2D eigenvalue weighted by Gasteiger charge is -2.40. The first-order valence-electron chi connectivity index (χ1n) is 13.1. The quantitative estimate of drug-likeness (QED) is 0.335. The number of para-hydroxylation sites is 1. The third kappa shape index (κ3) is 5.22. The highest BCUT2D eigenvalue weighted by atomic mass is 19.1. The van der Waals surface area contributed by atoms with Gasteiger partial charge in [-0.2, -0.15) is 0 Å². The summed E-state index contributed by atoms with van der Waals surface area (Å²) >= 11 is 0. The van der Waals surface area contributed by atoms with Crippen LogP contribution in [-0.4, -0.2) is 64.9 Å². The number of H-pyrrole nitrogens is 1. The molecule has 198 valence electrons. The number of fused-ring (bicyclic) bond motifs is 3. The Morgan fingerprint density at radius 3 is 2.65 bits per heavy atom. The average molecular weight is 513 g/mol. The number of aliphatic hydroxyl groups excluding tert-OH is 1. The Bertz CT molecular complexity index is 1240. The van der Waals surface area contributed by atoms with Crippen molar-refractivity contribution in [3.05, 3.63) is 77.1 Å². The average Bonchev–Trinajstić information content (AvgIpc) is 3.22. The molecular weight excluding hydrogens is 477 g/mol. The van der Waals surface area contributed by atoms with Gasteiger partial charge in [0.1, 0.15) is 17.7 Å². The van der Waals surface area contributed by atoms with Crippen molar-refractivity contribution in [1.29, 1.82) is 0 Å². The molecule has 2 aromatic carbocycles. The van der Waals surface area contributed by atoms with Gasteiger partial charge < -0.3 is 20.3 Å². The lowest BCUT2D eigenvalue weighted by atomic mass is 9.90. The molecule has 1 aromatic heterocycles. The molecule has 1 fully saturated rings. The standard InChI is InChI=1S/C29H35F3N4O/c1-18(8-9-19(2)37)36-13-10-23-22-6-3-4-7-26(22)34-28(23)29(36)27-24(31)14-20(15-25(27)32)33-21-16-35(17-21)12-5-11-30/h3-4,6-7,14-15,19,21,29,33-34,37H,1,5,8-13,16-17H2,2H3/t19-,29+/m0/s1. The Hall–Kier alpha value is -2.97. The maximum absolute atomic E-state index is 15.8. The molecule has 5 nitrogen and oxygen atoms in total. The number of halogens is 3. The van der Waals surface area contributed by atoms with Gasteiger partial charge in [0.25, 0.3) is 0 Å². The van der Waals surface area contributed by atoms with Gasteiger partial charge in [-0.25, -0.2) is 8.78 Å². The van der Waals surface area contributed by atoms with Crippen molar-refractivity contribution in [2.24, 2.45) is 0 Å². The monoisotopic (exact) mass is 512 g/mol. The number of alkyl halides is 1. The van der Waals surface area contributed by atoms with Crippen LogP contribution in [0.5, 0.6) is 0 Å². The summed E-state index contributed by atoms with van der Waals surface area (Å²) in [5.41, 5.74) is 3.94. The van der Waals surface area contributed by atoms with Crippen LogP contribution in [0.1, 0.15) is 49.0 Å².